The molecule has 1 heterocycles. The van der Waals surface area contributed by atoms with E-state index in [4.69, 9.17) is 9.25 Å². The summed E-state index contributed by atoms with van der Waals surface area (Å²) in [6.07, 6.45) is 11.2. The van der Waals surface area contributed by atoms with Crippen molar-refractivity contribution in [2.24, 2.45) is 33.7 Å². The van der Waals surface area contributed by atoms with E-state index in [1.54, 1.807) is 13.4 Å². The summed E-state index contributed by atoms with van der Waals surface area (Å²) in [5.74, 6) is 1.84. The lowest BCUT2D eigenvalue weighted by molar-refractivity contribution is -0.197. The quantitative estimate of drug-likeness (QED) is 0.701. The van der Waals surface area contributed by atoms with Crippen molar-refractivity contribution >= 4 is 5.71 Å². The van der Waals surface area contributed by atoms with Crippen LogP contribution in [0.5, 0.6) is 0 Å². The summed E-state index contributed by atoms with van der Waals surface area (Å²) in [5.41, 5.74) is 1.47. The van der Waals surface area contributed by atoms with Crippen LogP contribution in [0.3, 0.4) is 0 Å². The molecule has 0 amide bonds. The van der Waals surface area contributed by atoms with Gasteiger partial charge < -0.3 is 14.4 Å². The van der Waals surface area contributed by atoms with E-state index in [9.17, 15) is 9.90 Å². The van der Waals surface area contributed by atoms with Gasteiger partial charge in [-0.15, -0.1) is 0 Å². The topological polar surface area (TPSA) is 72.0 Å². The number of aliphatic hydroxyl groups is 1. The predicted molar refractivity (Wildman–Crippen MR) is 115 cm³/mol. The number of hydrogen-bond acceptors (Lipinski definition) is 5. The highest BCUT2D eigenvalue weighted by Crippen LogP contribution is 2.70. The Labute approximate surface area is 178 Å². The number of rotatable bonds is 2. The number of oxime groups is 1. The SMILES string of the molecule is CON=C1CC[C@@]2(C)[C@H](CC[C@@H]3[C@@H]2CC[C@]2(C)[C@@H](c4ccc(=O)oc4)CC[C@]32O)C1. The summed E-state index contributed by atoms with van der Waals surface area (Å²) in [6, 6.07) is 3.44. The van der Waals surface area contributed by atoms with E-state index in [0.29, 0.717) is 17.8 Å². The van der Waals surface area contributed by atoms with Gasteiger partial charge in [-0.2, -0.15) is 0 Å². The first-order chi connectivity index (χ1) is 14.3. The highest BCUT2D eigenvalue weighted by Gasteiger charge is 2.67. The molecular formula is C25H35NO4. The van der Waals surface area contributed by atoms with Crippen molar-refractivity contribution in [3.05, 3.63) is 34.4 Å². The summed E-state index contributed by atoms with van der Waals surface area (Å²) in [4.78, 5) is 16.5. The van der Waals surface area contributed by atoms with Crippen molar-refractivity contribution in [2.75, 3.05) is 7.11 Å². The van der Waals surface area contributed by atoms with Gasteiger partial charge in [-0.1, -0.05) is 19.0 Å². The molecule has 164 valence electrons. The van der Waals surface area contributed by atoms with Gasteiger partial charge in [-0.05, 0) is 98.5 Å². The van der Waals surface area contributed by atoms with Crippen molar-refractivity contribution in [3.8, 4) is 0 Å². The maximum atomic E-state index is 12.3. The predicted octanol–water partition coefficient (Wildman–Crippen LogP) is 4.88. The smallest absolute Gasteiger partial charge is 0.335 e. The molecule has 4 fully saturated rings. The summed E-state index contributed by atoms with van der Waals surface area (Å²) in [6.45, 7) is 4.78. The molecule has 4 aliphatic rings. The first kappa shape index (κ1) is 20.3. The summed E-state index contributed by atoms with van der Waals surface area (Å²) in [7, 11) is 1.64. The zero-order valence-electron chi connectivity index (χ0n) is 18.5. The van der Waals surface area contributed by atoms with Gasteiger partial charge in [0, 0.05) is 11.5 Å². The van der Waals surface area contributed by atoms with Gasteiger partial charge in [0.1, 0.15) is 7.11 Å². The Kier molecular flexibility index (Phi) is 4.70. The molecule has 1 aromatic heterocycles. The zero-order valence-corrected chi connectivity index (χ0v) is 18.5. The second kappa shape index (κ2) is 6.94. The molecule has 30 heavy (non-hydrogen) atoms. The fourth-order valence-electron chi connectivity index (χ4n) is 8.34. The van der Waals surface area contributed by atoms with Crippen LogP contribution in [0.2, 0.25) is 0 Å². The lowest BCUT2D eigenvalue weighted by Gasteiger charge is -2.63. The molecule has 4 saturated carbocycles. The number of hydrogen-bond donors (Lipinski definition) is 1. The maximum absolute atomic E-state index is 12.3. The van der Waals surface area contributed by atoms with Crippen LogP contribution in [0.1, 0.15) is 83.1 Å². The molecule has 1 N–H and O–H groups in total. The van der Waals surface area contributed by atoms with Gasteiger partial charge in [0.25, 0.3) is 0 Å². The molecule has 0 saturated heterocycles. The Morgan fingerprint density at radius 3 is 2.67 bits per heavy atom. The van der Waals surface area contributed by atoms with Crippen molar-refractivity contribution in [3.63, 3.8) is 0 Å². The first-order valence-corrected chi connectivity index (χ1v) is 11.7. The fourth-order valence-corrected chi connectivity index (χ4v) is 8.34. The largest absolute Gasteiger partial charge is 0.431 e. The van der Waals surface area contributed by atoms with Gasteiger partial charge in [0.2, 0.25) is 0 Å². The van der Waals surface area contributed by atoms with Gasteiger partial charge in [-0.25, -0.2) is 4.79 Å². The molecule has 0 spiro atoms. The van der Waals surface area contributed by atoms with Crippen LogP contribution in [-0.2, 0) is 4.84 Å². The highest BCUT2D eigenvalue weighted by atomic mass is 16.6. The van der Waals surface area contributed by atoms with E-state index in [2.05, 4.69) is 19.0 Å². The van der Waals surface area contributed by atoms with Crippen LogP contribution >= 0.6 is 0 Å². The lowest BCUT2D eigenvalue weighted by atomic mass is 9.43. The second-order valence-corrected chi connectivity index (χ2v) is 10.9. The Balaban J connectivity index is 1.45. The van der Waals surface area contributed by atoms with Crippen LogP contribution in [0.25, 0.3) is 0 Å². The van der Waals surface area contributed by atoms with Gasteiger partial charge in [0.15, 0.2) is 0 Å². The van der Waals surface area contributed by atoms with Crippen molar-refractivity contribution in [1.29, 1.82) is 0 Å². The normalized spacial score (nSPS) is 46.7. The minimum atomic E-state index is -0.633. The van der Waals surface area contributed by atoms with Gasteiger partial charge in [-0.3, -0.25) is 0 Å². The third-order valence-electron chi connectivity index (χ3n) is 10.0. The van der Waals surface area contributed by atoms with Crippen LogP contribution in [-0.4, -0.2) is 23.5 Å². The van der Waals surface area contributed by atoms with Crippen molar-refractivity contribution < 1.29 is 14.4 Å². The first-order valence-electron chi connectivity index (χ1n) is 11.7. The minimum absolute atomic E-state index is 0.158. The fraction of sp³-hybridized carbons (Fsp3) is 0.760. The third-order valence-corrected chi connectivity index (χ3v) is 10.0. The summed E-state index contributed by atoms with van der Waals surface area (Å²) < 4.78 is 5.19. The molecule has 5 nitrogen and oxygen atoms in total. The molecule has 5 rings (SSSR count). The maximum Gasteiger partial charge on any atom is 0.335 e. The summed E-state index contributed by atoms with van der Waals surface area (Å²) in [5, 5.41) is 16.5. The Morgan fingerprint density at radius 2 is 1.93 bits per heavy atom. The average Bonchev–Trinajstić information content (AvgIpc) is 3.01. The van der Waals surface area contributed by atoms with Crippen LogP contribution in [0.15, 0.2) is 32.8 Å². The van der Waals surface area contributed by atoms with E-state index in [-0.39, 0.29) is 22.4 Å². The van der Waals surface area contributed by atoms with Crippen LogP contribution < -0.4 is 5.63 Å². The van der Waals surface area contributed by atoms with Crippen LogP contribution in [0.4, 0.5) is 0 Å². The third kappa shape index (κ3) is 2.70. The molecule has 0 aromatic carbocycles. The van der Waals surface area contributed by atoms with E-state index in [0.717, 1.165) is 50.5 Å². The van der Waals surface area contributed by atoms with Crippen LogP contribution in [0, 0.1) is 28.6 Å². The molecule has 0 unspecified atom stereocenters. The Bertz CT molecular complexity index is 888. The van der Waals surface area contributed by atoms with E-state index in [1.165, 1.54) is 24.6 Å². The molecule has 7 atom stereocenters. The summed E-state index contributed by atoms with van der Waals surface area (Å²) >= 11 is 0. The number of nitrogens with zero attached hydrogens (tertiary/aromatic N) is 1. The molecule has 1 aromatic rings. The Morgan fingerprint density at radius 1 is 1.10 bits per heavy atom. The standard InChI is InChI=1S/C25H35NO4/c1-23-11-8-18(26-29-3)14-17(23)5-6-21-20(23)9-12-24(2)19(10-13-25(21,24)28)16-4-7-22(27)30-15-16/h4,7,15,17,19-21,28H,5-6,8-14H2,1-3H3/t17-,19-,20+,21-,23+,24-,25+/m1/s1. The highest BCUT2D eigenvalue weighted by molar-refractivity contribution is 5.85. The average molecular weight is 414 g/mol. The minimum Gasteiger partial charge on any atom is -0.431 e. The Hall–Kier alpha value is -1.62. The molecule has 0 aliphatic heterocycles. The van der Waals surface area contributed by atoms with Crippen molar-refractivity contribution in [1.82, 2.24) is 0 Å². The molecule has 0 bridgehead atoms. The molecule has 4 aliphatic carbocycles. The monoisotopic (exact) mass is 413 g/mol. The van der Waals surface area contributed by atoms with Gasteiger partial charge in [0.05, 0.1) is 17.6 Å². The lowest BCUT2D eigenvalue weighted by Crippen LogP contribution is -2.61. The molecule has 0 radical (unpaired) electrons. The molecule has 5 heteroatoms. The van der Waals surface area contributed by atoms with Crippen molar-refractivity contribution in [2.45, 2.75) is 83.2 Å². The van der Waals surface area contributed by atoms with Gasteiger partial charge >= 0.3 is 5.63 Å². The molecular weight excluding hydrogens is 378 g/mol. The zero-order chi connectivity index (χ0) is 21.1. The van der Waals surface area contributed by atoms with E-state index < -0.39 is 5.60 Å². The van der Waals surface area contributed by atoms with E-state index in [1.807, 2.05) is 6.07 Å². The van der Waals surface area contributed by atoms with E-state index >= 15 is 0 Å². The number of fused-ring (bicyclic) bond motifs is 5. The second-order valence-electron chi connectivity index (χ2n) is 10.9.